The van der Waals surface area contributed by atoms with E-state index in [-0.39, 0.29) is 11.8 Å². The number of nitrogens with one attached hydrogen (secondary N) is 1. The minimum Gasteiger partial charge on any atom is -0.497 e. The van der Waals surface area contributed by atoms with Gasteiger partial charge in [-0.1, -0.05) is 13.0 Å². The summed E-state index contributed by atoms with van der Waals surface area (Å²) >= 11 is 0. The number of ether oxygens (including phenoxy) is 3. The maximum absolute atomic E-state index is 13.3. The van der Waals surface area contributed by atoms with Gasteiger partial charge in [0.2, 0.25) is 0 Å². The fourth-order valence-corrected chi connectivity index (χ4v) is 3.08. The molecular formula is C23H30N2O5. The van der Waals surface area contributed by atoms with E-state index in [1.165, 1.54) is 19.2 Å². The van der Waals surface area contributed by atoms with Crippen molar-refractivity contribution in [1.82, 2.24) is 10.4 Å². The third-order valence-corrected chi connectivity index (χ3v) is 4.64. The molecule has 0 radical (unpaired) electrons. The summed E-state index contributed by atoms with van der Waals surface area (Å²) in [5.74, 6) is 0.840. The molecule has 2 amide bonds. The molecule has 30 heavy (non-hydrogen) atoms. The molecule has 0 atom stereocenters. The number of hydrazine groups is 1. The zero-order chi connectivity index (χ0) is 22.5. The molecule has 0 saturated carbocycles. The van der Waals surface area contributed by atoms with Crippen LogP contribution in [0.25, 0.3) is 0 Å². The second kappa shape index (κ2) is 9.52. The van der Waals surface area contributed by atoms with Crippen molar-refractivity contribution in [2.75, 3.05) is 21.3 Å². The van der Waals surface area contributed by atoms with Gasteiger partial charge in [-0.15, -0.1) is 0 Å². The Morgan fingerprint density at radius 1 is 0.967 bits per heavy atom. The van der Waals surface area contributed by atoms with Crippen molar-refractivity contribution in [3.8, 4) is 17.2 Å². The van der Waals surface area contributed by atoms with Crippen molar-refractivity contribution in [2.24, 2.45) is 0 Å². The second-order valence-electron chi connectivity index (χ2n) is 7.69. The molecule has 0 spiro atoms. The van der Waals surface area contributed by atoms with Crippen LogP contribution in [0.3, 0.4) is 0 Å². The van der Waals surface area contributed by atoms with E-state index in [1.54, 1.807) is 37.4 Å². The molecule has 0 heterocycles. The van der Waals surface area contributed by atoms with Crippen LogP contribution in [0.4, 0.5) is 0 Å². The molecule has 0 aromatic heterocycles. The van der Waals surface area contributed by atoms with Crippen molar-refractivity contribution in [3.63, 3.8) is 0 Å². The van der Waals surface area contributed by atoms with Crippen molar-refractivity contribution in [1.29, 1.82) is 0 Å². The highest BCUT2D eigenvalue weighted by atomic mass is 16.5. The van der Waals surface area contributed by atoms with Crippen LogP contribution < -0.4 is 19.6 Å². The first-order chi connectivity index (χ1) is 14.2. The van der Waals surface area contributed by atoms with Crippen LogP contribution in [0.5, 0.6) is 17.2 Å². The van der Waals surface area contributed by atoms with Crippen molar-refractivity contribution in [3.05, 3.63) is 53.1 Å². The van der Waals surface area contributed by atoms with E-state index < -0.39 is 5.54 Å². The van der Waals surface area contributed by atoms with Crippen LogP contribution >= 0.6 is 0 Å². The van der Waals surface area contributed by atoms with Gasteiger partial charge in [0.05, 0.1) is 26.9 Å². The van der Waals surface area contributed by atoms with E-state index in [1.807, 2.05) is 33.8 Å². The number of carbonyl (C=O) groups is 2. The first-order valence-corrected chi connectivity index (χ1v) is 9.70. The van der Waals surface area contributed by atoms with Gasteiger partial charge in [-0.25, -0.2) is 5.01 Å². The minimum absolute atomic E-state index is 0.336. The largest absolute Gasteiger partial charge is 0.497 e. The Morgan fingerprint density at radius 2 is 1.57 bits per heavy atom. The Balaban J connectivity index is 2.43. The number of hydrogen-bond donors (Lipinski definition) is 1. The van der Waals surface area contributed by atoms with Gasteiger partial charge in [-0.2, -0.15) is 0 Å². The molecular weight excluding hydrogens is 384 g/mol. The maximum Gasteiger partial charge on any atom is 0.273 e. The number of amides is 2. The zero-order valence-corrected chi connectivity index (χ0v) is 18.7. The van der Waals surface area contributed by atoms with Crippen molar-refractivity contribution in [2.45, 2.75) is 39.7 Å². The number of hydrogen-bond acceptors (Lipinski definition) is 5. The quantitative estimate of drug-likeness (QED) is 0.727. The molecule has 1 N–H and O–H groups in total. The molecule has 0 saturated heterocycles. The number of nitrogens with zero attached hydrogens (tertiary/aromatic N) is 1. The number of carbonyl (C=O) groups excluding carboxylic acids is 2. The third-order valence-electron chi connectivity index (χ3n) is 4.64. The topological polar surface area (TPSA) is 77.1 Å². The average molecular weight is 415 g/mol. The summed E-state index contributed by atoms with van der Waals surface area (Å²) in [6, 6.07) is 10.2. The first kappa shape index (κ1) is 23.1. The number of benzene rings is 2. The summed E-state index contributed by atoms with van der Waals surface area (Å²) in [5.41, 5.74) is 3.67. The van der Waals surface area contributed by atoms with Crippen LogP contribution in [0.1, 0.15) is 54.0 Å². The second-order valence-corrected chi connectivity index (χ2v) is 7.69. The molecule has 2 aromatic rings. The van der Waals surface area contributed by atoms with Gasteiger partial charge >= 0.3 is 0 Å². The van der Waals surface area contributed by atoms with Crippen LogP contribution in [0.2, 0.25) is 0 Å². The Kier molecular flexibility index (Phi) is 7.32. The molecule has 0 aliphatic carbocycles. The van der Waals surface area contributed by atoms with Gasteiger partial charge in [0, 0.05) is 22.8 Å². The first-order valence-electron chi connectivity index (χ1n) is 9.70. The maximum atomic E-state index is 13.3. The lowest BCUT2D eigenvalue weighted by Gasteiger charge is -2.35. The summed E-state index contributed by atoms with van der Waals surface area (Å²) in [6.07, 6.45) is 0.614. The Labute approximate surface area is 177 Å². The highest BCUT2D eigenvalue weighted by molar-refractivity contribution is 6.00. The molecule has 0 bridgehead atoms. The molecule has 2 rings (SSSR count). The fraction of sp³-hybridized carbons (Fsp3) is 0.391. The van der Waals surface area contributed by atoms with E-state index in [4.69, 9.17) is 14.2 Å². The van der Waals surface area contributed by atoms with E-state index in [9.17, 15) is 9.59 Å². The van der Waals surface area contributed by atoms with Crippen LogP contribution in [0, 0.1) is 0 Å². The van der Waals surface area contributed by atoms with Gasteiger partial charge in [0.15, 0.2) is 0 Å². The summed E-state index contributed by atoms with van der Waals surface area (Å²) in [6.45, 7) is 7.47. The monoisotopic (exact) mass is 414 g/mol. The van der Waals surface area contributed by atoms with Crippen molar-refractivity contribution < 1.29 is 23.8 Å². The highest BCUT2D eigenvalue weighted by Gasteiger charge is 2.31. The molecule has 2 aromatic carbocycles. The van der Waals surface area contributed by atoms with Crippen molar-refractivity contribution >= 4 is 11.8 Å². The number of rotatable bonds is 6. The standard InChI is InChI=1S/C23H30N2O5/c1-8-18-19(10-9-11-20(18)30-7)21(26)24-25(23(2,3)4)22(27)15-12-16(28-5)14-17(13-15)29-6/h9-14H,8H2,1-7H3,(H,24,26). The fourth-order valence-electron chi connectivity index (χ4n) is 3.08. The van der Waals surface area contributed by atoms with E-state index in [0.29, 0.717) is 34.8 Å². The lowest BCUT2D eigenvalue weighted by atomic mass is 10.0. The SMILES string of the molecule is CCc1c(OC)cccc1C(=O)NN(C(=O)c1cc(OC)cc(OC)c1)C(C)(C)C. The zero-order valence-electron chi connectivity index (χ0n) is 18.7. The van der Waals surface area contributed by atoms with Gasteiger partial charge in [-0.3, -0.25) is 15.0 Å². The normalized spacial score (nSPS) is 10.9. The number of methoxy groups -OCH3 is 3. The molecule has 0 fully saturated rings. The predicted molar refractivity (Wildman–Crippen MR) is 115 cm³/mol. The molecule has 7 heteroatoms. The molecule has 0 aliphatic rings. The summed E-state index contributed by atoms with van der Waals surface area (Å²) < 4.78 is 15.9. The van der Waals surface area contributed by atoms with Gasteiger partial charge in [-0.05, 0) is 51.5 Å². The highest BCUT2D eigenvalue weighted by Crippen LogP contribution is 2.26. The van der Waals surface area contributed by atoms with E-state index in [2.05, 4.69) is 5.43 Å². The average Bonchev–Trinajstić information content (AvgIpc) is 2.74. The van der Waals surface area contributed by atoms with Crippen LogP contribution in [0.15, 0.2) is 36.4 Å². The van der Waals surface area contributed by atoms with Crippen LogP contribution in [-0.4, -0.2) is 43.7 Å². The molecule has 7 nitrogen and oxygen atoms in total. The summed E-state index contributed by atoms with van der Waals surface area (Å²) in [7, 11) is 4.60. The molecule has 162 valence electrons. The van der Waals surface area contributed by atoms with Gasteiger partial charge in [0.25, 0.3) is 11.8 Å². The van der Waals surface area contributed by atoms with Gasteiger partial charge < -0.3 is 14.2 Å². The van der Waals surface area contributed by atoms with Gasteiger partial charge in [0.1, 0.15) is 17.2 Å². The Hall–Kier alpha value is -3.22. The lowest BCUT2D eigenvalue weighted by molar-refractivity contribution is 0.0357. The smallest absolute Gasteiger partial charge is 0.273 e. The Morgan fingerprint density at radius 3 is 2.03 bits per heavy atom. The van der Waals surface area contributed by atoms with E-state index in [0.717, 1.165) is 5.56 Å². The molecule has 0 unspecified atom stereocenters. The summed E-state index contributed by atoms with van der Waals surface area (Å²) in [5, 5.41) is 1.32. The predicted octanol–water partition coefficient (Wildman–Crippen LogP) is 3.86. The lowest BCUT2D eigenvalue weighted by Crippen LogP contribution is -2.56. The summed E-state index contributed by atoms with van der Waals surface area (Å²) in [4.78, 5) is 26.5. The minimum atomic E-state index is -0.686. The van der Waals surface area contributed by atoms with E-state index >= 15 is 0 Å². The van der Waals surface area contributed by atoms with Crippen LogP contribution in [-0.2, 0) is 6.42 Å². The third kappa shape index (κ3) is 5.03. The molecule has 0 aliphatic heterocycles. The Bertz CT molecular complexity index is 896.